The third-order valence-corrected chi connectivity index (χ3v) is 6.19. The molecule has 2 aromatic carbocycles. The number of nitrogens with zero attached hydrogens (tertiary/aromatic N) is 3. The Balaban J connectivity index is 1.59. The minimum atomic E-state index is -0.473. The molecule has 8 heteroatoms. The molecule has 0 saturated heterocycles. The molecule has 32 heavy (non-hydrogen) atoms. The molecule has 0 bridgehead atoms. The predicted molar refractivity (Wildman–Crippen MR) is 125 cm³/mol. The summed E-state index contributed by atoms with van der Waals surface area (Å²) < 4.78 is 25.5. The first-order valence-corrected chi connectivity index (χ1v) is 10.9. The number of hydrogen-bond acceptors (Lipinski definition) is 6. The molecule has 1 aliphatic carbocycles. The maximum atomic E-state index is 13.5. The van der Waals surface area contributed by atoms with E-state index in [9.17, 15) is 4.39 Å². The summed E-state index contributed by atoms with van der Waals surface area (Å²) in [6.45, 7) is 3.86. The van der Waals surface area contributed by atoms with Gasteiger partial charge in [0.15, 0.2) is 11.5 Å². The van der Waals surface area contributed by atoms with Crippen LogP contribution in [0.2, 0.25) is 5.02 Å². The highest BCUT2D eigenvalue weighted by atomic mass is 35.5. The van der Waals surface area contributed by atoms with Crippen molar-refractivity contribution in [3.05, 3.63) is 60.3 Å². The number of nitrogens with one attached hydrogen (secondary N) is 1. The summed E-state index contributed by atoms with van der Waals surface area (Å²) in [4.78, 5) is 10.9. The Morgan fingerprint density at radius 2 is 1.94 bits per heavy atom. The summed E-state index contributed by atoms with van der Waals surface area (Å²) in [5, 5.41) is 4.00. The maximum absolute atomic E-state index is 13.5. The van der Waals surface area contributed by atoms with Crippen molar-refractivity contribution in [1.82, 2.24) is 14.9 Å². The van der Waals surface area contributed by atoms with Crippen molar-refractivity contribution in [2.75, 3.05) is 19.5 Å². The quantitative estimate of drug-likeness (QED) is 0.474. The largest absolute Gasteiger partial charge is 0.493 e. The molecule has 1 saturated carbocycles. The van der Waals surface area contributed by atoms with Crippen LogP contribution in [-0.2, 0) is 0 Å². The van der Waals surface area contributed by atoms with E-state index < -0.39 is 5.82 Å². The summed E-state index contributed by atoms with van der Waals surface area (Å²) in [7, 11) is 3.68. The smallest absolute Gasteiger partial charge is 0.162 e. The second-order valence-electron chi connectivity index (χ2n) is 7.89. The molecule has 0 unspecified atom stereocenters. The van der Waals surface area contributed by atoms with Crippen LogP contribution in [0.4, 0.5) is 15.9 Å². The fourth-order valence-electron chi connectivity index (χ4n) is 4.02. The maximum Gasteiger partial charge on any atom is 0.162 e. The van der Waals surface area contributed by atoms with Gasteiger partial charge in [-0.05, 0) is 56.1 Å². The number of aromatic nitrogens is 2. The Morgan fingerprint density at radius 3 is 2.62 bits per heavy atom. The van der Waals surface area contributed by atoms with Crippen molar-refractivity contribution >= 4 is 34.0 Å². The molecule has 168 valence electrons. The second kappa shape index (κ2) is 9.61. The molecule has 1 N–H and O–H groups in total. The summed E-state index contributed by atoms with van der Waals surface area (Å²) in [5.41, 5.74) is 1.33. The fourth-order valence-corrected chi connectivity index (χ4v) is 4.21. The Morgan fingerprint density at radius 1 is 1.16 bits per heavy atom. The highest BCUT2D eigenvalue weighted by molar-refractivity contribution is 6.31. The number of methoxy groups -OCH3 is 1. The molecule has 6 nitrogen and oxygen atoms in total. The van der Waals surface area contributed by atoms with E-state index in [1.54, 1.807) is 13.2 Å². The van der Waals surface area contributed by atoms with Crippen LogP contribution in [0.25, 0.3) is 10.9 Å². The molecule has 1 heterocycles. The van der Waals surface area contributed by atoms with Crippen molar-refractivity contribution in [2.24, 2.45) is 0 Å². The average Bonchev–Trinajstić information content (AvgIpc) is 2.81. The SMILES string of the molecule is C=CN(C)C1CCC(Oc2cc3c(Nc4ccc(F)c(Cl)c4)ncnc3cc2OC)CC1. The van der Waals surface area contributed by atoms with E-state index in [0.29, 0.717) is 34.6 Å². The summed E-state index contributed by atoms with van der Waals surface area (Å²) in [6, 6.07) is 8.67. The van der Waals surface area contributed by atoms with Gasteiger partial charge in [0.05, 0.1) is 23.8 Å². The molecule has 0 atom stereocenters. The van der Waals surface area contributed by atoms with Gasteiger partial charge in [0.25, 0.3) is 0 Å². The van der Waals surface area contributed by atoms with Crippen LogP contribution < -0.4 is 14.8 Å². The molecule has 1 fully saturated rings. The van der Waals surface area contributed by atoms with Gasteiger partial charge in [-0.2, -0.15) is 0 Å². The van der Waals surface area contributed by atoms with Crippen LogP contribution >= 0.6 is 11.6 Å². The average molecular weight is 457 g/mol. The summed E-state index contributed by atoms with van der Waals surface area (Å²) >= 11 is 5.92. The first-order chi connectivity index (χ1) is 15.5. The van der Waals surface area contributed by atoms with Crippen LogP contribution in [0.1, 0.15) is 25.7 Å². The molecule has 0 radical (unpaired) electrons. The van der Waals surface area contributed by atoms with Crippen LogP contribution in [0.5, 0.6) is 11.5 Å². The standard InChI is InChI=1S/C24H26ClFN4O2/c1-4-30(2)16-6-8-17(9-7-16)32-23-12-18-21(13-22(23)31-3)27-14-28-24(18)29-15-5-10-20(26)19(25)11-15/h4-5,10-14,16-17H,1,6-9H2,2-3H3,(H,27,28,29). The van der Waals surface area contributed by atoms with Gasteiger partial charge < -0.3 is 19.7 Å². The first kappa shape index (κ1) is 22.1. The number of benzene rings is 2. The van der Waals surface area contributed by atoms with E-state index in [1.807, 2.05) is 18.3 Å². The zero-order valence-electron chi connectivity index (χ0n) is 18.1. The van der Waals surface area contributed by atoms with Gasteiger partial charge in [0, 0.05) is 30.2 Å². The van der Waals surface area contributed by atoms with Crippen LogP contribution in [-0.4, -0.2) is 41.2 Å². The van der Waals surface area contributed by atoms with Crippen molar-refractivity contribution < 1.29 is 13.9 Å². The summed E-state index contributed by atoms with van der Waals surface area (Å²) in [5.74, 6) is 1.37. The van der Waals surface area contributed by atoms with Gasteiger partial charge in [-0.15, -0.1) is 0 Å². The summed E-state index contributed by atoms with van der Waals surface area (Å²) in [6.07, 6.45) is 7.44. The number of ether oxygens (including phenoxy) is 2. The van der Waals surface area contributed by atoms with Crippen molar-refractivity contribution in [3.63, 3.8) is 0 Å². The molecular formula is C24H26ClFN4O2. The van der Waals surface area contributed by atoms with E-state index in [4.69, 9.17) is 21.1 Å². The predicted octanol–water partition coefficient (Wildman–Crippen LogP) is 5.94. The van der Waals surface area contributed by atoms with Gasteiger partial charge >= 0.3 is 0 Å². The van der Waals surface area contributed by atoms with Crippen molar-refractivity contribution in [3.8, 4) is 11.5 Å². The first-order valence-electron chi connectivity index (χ1n) is 10.5. The van der Waals surface area contributed by atoms with Gasteiger partial charge in [0.2, 0.25) is 0 Å². The van der Waals surface area contributed by atoms with Gasteiger partial charge in [-0.1, -0.05) is 18.2 Å². The van der Waals surface area contributed by atoms with Gasteiger partial charge in [-0.3, -0.25) is 0 Å². The Bertz CT molecular complexity index is 1120. The molecule has 4 rings (SSSR count). The normalized spacial score (nSPS) is 18.2. The lowest BCUT2D eigenvalue weighted by Crippen LogP contribution is -2.34. The van der Waals surface area contributed by atoms with Crippen LogP contribution in [0.3, 0.4) is 0 Å². The number of halogens is 2. The molecule has 0 amide bonds. The third kappa shape index (κ3) is 4.72. The topological polar surface area (TPSA) is 59.5 Å². The lowest BCUT2D eigenvalue weighted by molar-refractivity contribution is 0.114. The molecule has 0 spiro atoms. The van der Waals surface area contributed by atoms with Gasteiger partial charge in [0.1, 0.15) is 18.0 Å². The molecule has 1 aromatic heterocycles. The minimum Gasteiger partial charge on any atom is -0.493 e. The number of anilines is 2. The molecule has 1 aliphatic rings. The van der Waals surface area contributed by atoms with E-state index in [1.165, 1.54) is 18.5 Å². The Labute approximate surface area is 192 Å². The van der Waals surface area contributed by atoms with E-state index in [-0.39, 0.29) is 11.1 Å². The number of rotatable bonds is 7. The van der Waals surface area contributed by atoms with Crippen molar-refractivity contribution in [2.45, 2.75) is 37.8 Å². The minimum absolute atomic E-state index is 0.0387. The number of hydrogen-bond donors (Lipinski definition) is 1. The Hall–Kier alpha value is -3.06. The van der Waals surface area contributed by atoms with Crippen molar-refractivity contribution in [1.29, 1.82) is 0 Å². The van der Waals surface area contributed by atoms with E-state index in [2.05, 4.69) is 33.8 Å². The zero-order chi connectivity index (χ0) is 22.7. The van der Waals surface area contributed by atoms with E-state index >= 15 is 0 Å². The molecular weight excluding hydrogens is 431 g/mol. The lowest BCUT2D eigenvalue weighted by atomic mass is 9.92. The Kier molecular flexibility index (Phi) is 6.65. The lowest BCUT2D eigenvalue weighted by Gasteiger charge is -2.34. The zero-order valence-corrected chi connectivity index (χ0v) is 18.9. The molecule has 0 aliphatic heterocycles. The highest BCUT2D eigenvalue weighted by Gasteiger charge is 2.25. The van der Waals surface area contributed by atoms with Gasteiger partial charge in [-0.25, -0.2) is 14.4 Å². The fraction of sp³-hybridized carbons (Fsp3) is 0.333. The molecule has 3 aromatic rings. The second-order valence-corrected chi connectivity index (χ2v) is 8.30. The van der Waals surface area contributed by atoms with E-state index in [0.717, 1.165) is 31.1 Å². The van der Waals surface area contributed by atoms with Crippen LogP contribution in [0.15, 0.2) is 49.4 Å². The highest BCUT2D eigenvalue weighted by Crippen LogP contribution is 2.37. The third-order valence-electron chi connectivity index (χ3n) is 5.90. The number of fused-ring (bicyclic) bond motifs is 1. The van der Waals surface area contributed by atoms with Crippen LogP contribution in [0, 0.1) is 5.82 Å². The monoisotopic (exact) mass is 456 g/mol.